The van der Waals surface area contributed by atoms with E-state index < -0.39 is 23.1 Å². The van der Waals surface area contributed by atoms with Crippen LogP contribution in [0.3, 0.4) is 0 Å². The number of nitrogens with zero attached hydrogens (tertiary/aromatic N) is 6. The lowest BCUT2D eigenvalue weighted by Crippen LogP contribution is -2.40. The second kappa shape index (κ2) is 13.7. The Morgan fingerprint density at radius 3 is 2.66 bits per heavy atom. The molecule has 2 aliphatic rings. The number of anilines is 1. The maximum absolute atomic E-state index is 14.3. The number of hydrogen-bond acceptors (Lipinski definition) is 7. The third-order valence-electron chi connectivity index (χ3n) is 9.66. The van der Waals surface area contributed by atoms with Crippen LogP contribution in [-0.4, -0.2) is 71.9 Å². The van der Waals surface area contributed by atoms with Crippen molar-refractivity contribution in [1.82, 2.24) is 34.3 Å². The Morgan fingerprint density at radius 2 is 2.02 bits per heavy atom. The molecule has 12 nitrogen and oxygen atoms in total. The van der Waals surface area contributed by atoms with Gasteiger partial charge in [-0.2, -0.15) is 27.8 Å². The van der Waals surface area contributed by atoms with Crippen LogP contribution in [0.2, 0.25) is 5.02 Å². The summed E-state index contributed by atoms with van der Waals surface area (Å²) in [7, 11) is 0. The van der Waals surface area contributed by atoms with Crippen LogP contribution in [0, 0.1) is 6.92 Å². The van der Waals surface area contributed by atoms with Gasteiger partial charge in [0.15, 0.2) is 5.82 Å². The van der Waals surface area contributed by atoms with Crippen LogP contribution in [0.15, 0.2) is 35.1 Å². The number of nitrogens with one attached hydrogen (secondary N) is 2. The van der Waals surface area contributed by atoms with Gasteiger partial charge in [-0.25, -0.2) is 0 Å². The zero-order valence-corrected chi connectivity index (χ0v) is 28.9. The van der Waals surface area contributed by atoms with Gasteiger partial charge in [-0.1, -0.05) is 24.6 Å². The number of rotatable bonds is 10. The predicted molar refractivity (Wildman–Crippen MR) is 180 cm³/mol. The second-order valence-corrected chi connectivity index (χ2v) is 13.5. The molecule has 1 aliphatic carbocycles. The fourth-order valence-electron chi connectivity index (χ4n) is 6.91. The molecule has 6 rings (SSSR count). The highest BCUT2D eigenvalue weighted by Gasteiger charge is 2.41. The Morgan fingerprint density at radius 1 is 1.24 bits per heavy atom. The lowest BCUT2D eigenvalue weighted by molar-refractivity contribution is -0.137. The normalized spacial score (nSPS) is 18.2. The molecule has 1 aliphatic heterocycles. The average molecular weight is 715 g/mol. The summed E-state index contributed by atoms with van der Waals surface area (Å²) in [6.45, 7) is 8.78. The Hall–Kier alpha value is -4.50. The summed E-state index contributed by atoms with van der Waals surface area (Å²) in [5.74, 6) is -0.209. The number of alkyl halides is 3. The number of benzene rings is 1. The molecule has 50 heavy (non-hydrogen) atoms. The van der Waals surface area contributed by atoms with Gasteiger partial charge < -0.3 is 19.5 Å². The molecule has 0 radical (unpaired) electrons. The van der Waals surface area contributed by atoms with Crippen molar-refractivity contribution in [2.45, 2.75) is 84.0 Å². The number of hydrogen-bond donors (Lipinski definition) is 2. The van der Waals surface area contributed by atoms with Crippen LogP contribution >= 0.6 is 11.6 Å². The fraction of sp³-hybridized carbons (Fsp3) is 0.471. The Kier molecular flexibility index (Phi) is 9.66. The molecule has 1 aromatic carbocycles. The zero-order valence-electron chi connectivity index (χ0n) is 28.2. The number of H-pyrrole nitrogens is 1. The maximum atomic E-state index is 14.3. The zero-order chi connectivity index (χ0) is 36.0. The molecule has 2 atom stereocenters. The van der Waals surface area contributed by atoms with Gasteiger partial charge in [0.1, 0.15) is 12.2 Å². The number of carbonyl (C=O) groups is 2. The highest BCUT2D eigenvalue weighted by atomic mass is 35.5. The molecular weight excluding hydrogens is 677 g/mol. The third-order valence-corrected chi connectivity index (χ3v) is 9.98. The number of halogens is 4. The molecule has 4 aromatic rings. The highest BCUT2D eigenvalue weighted by molar-refractivity contribution is 6.33. The van der Waals surface area contributed by atoms with E-state index in [1.807, 2.05) is 33.8 Å². The predicted octanol–water partition coefficient (Wildman–Crippen LogP) is 5.57. The summed E-state index contributed by atoms with van der Waals surface area (Å²) in [6, 6.07) is 4.27. The van der Waals surface area contributed by atoms with Gasteiger partial charge in [0.2, 0.25) is 11.7 Å². The van der Waals surface area contributed by atoms with Gasteiger partial charge in [0.25, 0.3) is 11.5 Å². The molecule has 0 fully saturated rings. The second-order valence-electron chi connectivity index (χ2n) is 13.1. The largest absolute Gasteiger partial charge is 0.416 e. The first-order valence-corrected chi connectivity index (χ1v) is 16.9. The number of ether oxygens (including phenoxy) is 1. The van der Waals surface area contributed by atoms with Gasteiger partial charge >= 0.3 is 6.18 Å². The minimum Gasteiger partial charge on any atom is -0.377 e. The summed E-state index contributed by atoms with van der Waals surface area (Å²) in [6.07, 6.45) is 0.0722. The topological polar surface area (TPSA) is 140 Å². The molecule has 2 unspecified atom stereocenters. The Labute approximate surface area is 290 Å². The van der Waals surface area contributed by atoms with Crippen LogP contribution in [-0.2, 0) is 34.1 Å². The summed E-state index contributed by atoms with van der Waals surface area (Å²) < 4.78 is 47.9. The van der Waals surface area contributed by atoms with E-state index in [1.54, 1.807) is 15.5 Å². The van der Waals surface area contributed by atoms with Crippen LogP contribution < -0.4 is 10.9 Å². The molecule has 0 spiro atoms. The Bertz CT molecular complexity index is 2050. The van der Waals surface area contributed by atoms with Crippen LogP contribution in [0.5, 0.6) is 0 Å². The first-order valence-electron chi connectivity index (χ1n) is 16.5. The molecule has 0 saturated carbocycles. The number of carbonyl (C=O) groups excluding carboxylic acids is 2. The van der Waals surface area contributed by atoms with Gasteiger partial charge in [-0.15, -0.1) is 5.10 Å². The van der Waals surface area contributed by atoms with E-state index in [-0.39, 0.29) is 40.5 Å². The van der Waals surface area contributed by atoms with Crippen molar-refractivity contribution in [3.8, 4) is 0 Å². The van der Waals surface area contributed by atoms with E-state index in [0.29, 0.717) is 74.6 Å². The monoisotopic (exact) mass is 714 g/mol. The summed E-state index contributed by atoms with van der Waals surface area (Å²) in [5.41, 5.74) is 1.26. The van der Waals surface area contributed by atoms with E-state index in [9.17, 15) is 27.6 Å². The quantitative estimate of drug-likeness (QED) is 0.219. The van der Waals surface area contributed by atoms with Gasteiger partial charge in [0.05, 0.1) is 29.5 Å². The summed E-state index contributed by atoms with van der Waals surface area (Å²) in [4.78, 5) is 47.5. The van der Waals surface area contributed by atoms with E-state index in [4.69, 9.17) is 21.3 Å². The summed E-state index contributed by atoms with van der Waals surface area (Å²) >= 11 is 6.13. The van der Waals surface area contributed by atoms with Crippen molar-refractivity contribution >= 4 is 40.5 Å². The van der Waals surface area contributed by atoms with Crippen LogP contribution in [0.4, 0.5) is 18.9 Å². The lowest BCUT2D eigenvalue weighted by atomic mass is 9.79. The van der Waals surface area contributed by atoms with E-state index in [1.165, 1.54) is 4.52 Å². The SMILES string of the molecule is CCN(C(=O)c1cc(C)[nH]n1)C(C)CCC1(C)CCc2c1c(=O)n1nc(C3=CCOCC3)nc1n2CC(=O)Nc1ccc(C(F)(F)F)cc1Cl. The molecule has 2 amide bonds. The maximum Gasteiger partial charge on any atom is 0.416 e. The van der Waals surface area contributed by atoms with Gasteiger partial charge in [0, 0.05) is 35.0 Å². The highest BCUT2D eigenvalue weighted by Crippen LogP contribution is 2.41. The number of aromatic nitrogens is 6. The number of aromatic amines is 1. The van der Waals surface area contributed by atoms with Gasteiger partial charge in [-0.3, -0.25) is 19.5 Å². The third kappa shape index (κ3) is 6.80. The molecule has 4 heterocycles. The van der Waals surface area contributed by atoms with Crippen molar-refractivity contribution in [3.05, 3.63) is 79.8 Å². The van der Waals surface area contributed by atoms with Gasteiger partial charge in [-0.05, 0) is 82.7 Å². The summed E-state index contributed by atoms with van der Waals surface area (Å²) in [5, 5.41) is 13.9. The van der Waals surface area contributed by atoms with E-state index in [0.717, 1.165) is 29.5 Å². The minimum atomic E-state index is -4.59. The number of fused-ring (bicyclic) bond motifs is 2. The number of aryl methyl sites for hydroxylation is 1. The van der Waals surface area contributed by atoms with Crippen LogP contribution in [0.1, 0.15) is 85.3 Å². The van der Waals surface area contributed by atoms with Crippen molar-refractivity contribution in [3.63, 3.8) is 0 Å². The van der Waals surface area contributed by atoms with Crippen molar-refractivity contribution < 1.29 is 27.5 Å². The minimum absolute atomic E-state index is 0.0201. The molecule has 3 aromatic heterocycles. The van der Waals surface area contributed by atoms with Crippen LogP contribution in [0.25, 0.3) is 11.4 Å². The molecule has 2 N–H and O–H groups in total. The molecule has 16 heteroatoms. The van der Waals surface area contributed by atoms with Crippen molar-refractivity contribution in [1.29, 1.82) is 0 Å². The smallest absolute Gasteiger partial charge is 0.377 e. The molecule has 0 saturated heterocycles. The first kappa shape index (κ1) is 35.3. The van der Waals surface area contributed by atoms with E-state index in [2.05, 4.69) is 20.6 Å². The number of amides is 2. The standard InChI is InChI=1S/C34H38ClF3N8O4/c1-5-44(30(48)25-16-19(2)41-42-25)20(3)8-12-33(4)13-9-26-28(33)31(49)46-32(40-29(43-46)21-10-14-50-15-11-21)45(26)18-27(47)39-24-7-6-22(17-23(24)35)34(36,37)38/h6-7,10,16-17,20H,5,8-9,11-15,18H2,1-4H3,(H,39,47)(H,41,42). The first-order chi connectivity index (χ1) is 23.7. The average Bonchev–Trinajstić information content (AvgIpc) is 3.81. The molecule has 0 bridgehead atoms. The van der Waals surface area contributed by atoms with Crippen molar-refractivity contribution in [2.24, 2.45) is 0 Å². The fourth-order valence-corrected chi connectivity index (χ4v) is 7.14. The molecule has 266 valence electrons. The van der Waals surface area contributed by atoms with E-state index >= 15 is 0 Å². The van der Waals surface area contributed by atoms with Crippen molar-refractivity contribution in [2.75, 3.05) is 25.1 Å². The molecular formula is C34H38ClF3N8O4. The lowest BCUT2D eigenvalue weighted by Gasteiger charge is -2.31. The Balaban J connectivity index is 1.33.